The van der Waals surface area contributed by atoms with Gasteiger partial charge >= 0.3 is 0 Å². The van der Waals surface area contributed by atoms with E-state index in [2.05, 4.69) is 17.6 Å². The monoisotopic (exact) mass is 220 g/mol. The van der Waals surface area contributed by atoms with Crippen LogP contribution in [0, 0.1) is 0 Å². The summed E-state index contributed by atoms with van der Waals surface area (Å²) in [6, 6.07) is 7.82. The van der Waals surface area contributed by atoms with Gasteiger partial charge in [-0.3, -0.25) is 4.79 Å². The Labute approximate surface area is 97.2 Å². The van der Waals surface area contributed by atoms with E-state index in [0.29, 0.717) is 6.42 Å². The number of anilines is 2. The molecule has 3 heteroatoms. The molecular weight excluding hydrogens is 200 g/mol. The van der Waals surface area contributed by atoms with Crippen LogP contribution in [-0.2, 0) is 4.79 Å². The van der Waals surface area contributed by atoms with Crippen LogP contribution in [0.2, 0.25) is 0 Å². The van der Waals surface area contributed by atoms with E-state index in [1.165, 1.54) is 6.42 Å². The molecule has 0 aromatic heterocycles. The first kappa shape index (κ1) is 12.6. The Morgan fingerprint density at radius 1 is 1.25 bits per heavy atom. The number of benzene rings is 1. The van der Waals surface area contributed by atoms with Crippen molar-refractivity contribution < 1.29 is 4.79 Å². The molecule has 0 aliphatic heterocycles. The highest BCUT2D eigenvalue weighted by molar-refractivity contribution is 5.90. The van der Waals surface area contributed by atoms with Crippen LogP contribution < -0.4 is 10.6 Å². The first-order valence-electron chi connectivity index (χ1n) is 5.90. The van der Waals surface area contributed by atoms with E-state index in [0.717, 1.165) is 24.3 Å². The summed E-state index contributed by atoms with van der Waals surface area (Å²) in [5.74, 6) is 0.0470. The third-order valence-electron chi connectivity index (χ3n) is 2.33. The number of hydrogen-bond acceptors (Lipinski definition) is 2. The molecular formula is C13H20N2O. The Morgan fingerprint density at radius 2 is 2.00 bits per heavy atom. The largest absolute Gasteiger partial charge is 0.385 e. The zero-order valence-electron chi connectivity index (χ0n) is 10.0. The van der Waals surface area contributed by atoms with E-state index in [-0.39, 0.29) is 5.91 Å². The highest BCUT2D eigenvalue weighted by atomic mass is 16.1. The van der Waals surface area contributed by atoms with Crippen molar-refractivity contribution in [2.24, 2.45) is 0 Å². The Morgan fingerprint density at radius 3 is 2.69 bits per heavy atom. The average Bonchev–Trinajstić information content (AvgIpc) is 2.30. The lowest BCUT2D eigenvalue weighted by atomic mass is 10.2. The third-order valence-corrected chi connectivity index (χ3v) is 2.33. The van der Waals surface area contributed by atoms with E-state index in [1.54, 1.807) is 0 Å². The minimum absolute atomic E-state index is 0.0470. The molecule has 0 saturated heterocycles. The number of carbonyl (C=O) groups excluding carboxylic acids is 1. The lowest BCUT2D eigenvalue weighted by Crippen LogP contribution is -2.09. The van der Waals surface area contributed by atoms with Gasteiger partial charge in [0.25, 0.3) is 0 Å². The molecule has 2 N–H and O–H groups in total. The van der Waals surface area contributed by atoms with Crippen molar-refractivity contribution in [3.63, 3.8) is 0 Å². The molecule has 16 heavy (non-hydrogen) atoms. The molecule has 0 atom stereocenters. The van der Waals surface area contributed by atoms with Crippen molar-refractivity contribution in [2.75, 3.05) is 17.2 Å². The summed E-state index contributed by atoms with van der Waals surface area (Å²) in [6.07, 6.45) is 2.85. The predicted octanol–water partition coefficient (Wildman–Crippen LogP) is 3.25. The maximum absolute atomic E-state index is 11.2. The lowest BCUT2D eigenvalue weighted by Gasteiger charge is -2.08. The Kier molecular flexibility index (Phi) is 5.40. The van der Waals surface area contributed by atoms with Gasteiger partial charge in [-0.25, -0.2) is 0 Å². The number of hydrogen-bond donors (Lipinski definition) is 2. The van der Waals surface area contributed by atoms with Crippen LogP contribution in [0.15, 0.2) is 24.3 Å². The molecule has 0 aliphatic carbocycles. The molecule has 1 aromatic rings. The average molecular weight is 220 g/mol. The zero-order chi connectivity index (χ0) is 11.8. The maximum Gasteiger partial charge on any atom is 0.224 e. The van der Waals surface area contributed by atoms with Gasteiger partial charge in [0.15, 0.2) is 0 Å². The number of amides is 1. The van der Waals surface area contributed by atoms with E-state index in [4.69, 9.17) is 0 Å². The minimum Gasteiger partial charge on any atom is -0.385 e. The molecule has 0 aliphatic rings. The molecule has 1 rings (SSSR count). The molecule has 1 amide bonds. The van der Waals surface area contributed by atoms with Crippen LogP contribution >= 0.6 is 0 Å². The summed E-state index contributed by atoms with van der Waals surface area (Å²) in [7, 11) is 0. The fourth-order valence-corrected chi connectivity index (χ4v) is 1.37. The maximum atomic E-state index is 11.2. The first-order valence-corrected chi connectivity index (χ1v) is 5.90. The van der Waals surface area contributed by atoms with Crippen molar-refractivity contribution >= 4 is 17.3 Å². The normalized spacial score (nSPS) is 9.88. The second-order valence-corrected chi connectivity index (χ2v) is 3.76. The summed E-state index contributed by atoms with van der Waals surface area (Å²) in [6.45, 7) is 4.99. The van der Waals surface area contributed by atoms with Crippen LogP contribution in [0.4, 0.5) is 11.4 Å². The van der Waals surface area contributed by atoms with E-state index < -0.39 is 0 Å². The van der Waals surface area contributed by atoms with E-state index in [9.17, 15) is 4.79 Å². The fourth-order valence-electron chi connectivity index (χ4n) is 1.37. The topological polar surface area (TPSA) is 41.1 Å². The van der Waals surface area contributed by atoms with Gasteiger partial charge in [-0.1, -0.05) is 26.3 Å². The molecule has 3 nitrogen and oxygen atoms in total. The number of unbranched alkanes of at least 4 members (excludes halogenated alkanes) is 1. The van der Waals surface area contributed by atoms with Gasteiger partial charge < -0.3 is 10.6 Å². The van der Waals surface area contributed by atoms with Crippen molar-refractivity contribution in [1.82, 2.24) is 0 Å². The number of rotatable bonds is 6. The molecule has 0 spiro atoms. The fraction of sp³-hybridized carbons (Fsp3) is 0.462. The van der Waals surface area contributed by atoms with Gasteiger partial charge in [0.1, 0.15) is 0 Å². The van der Waals surface area contributed by atoms with Crippen LogP contribution in [0.25, 0.3) is 0 Å². The van der Waals surface area contributed by atoms with Crippen molar-refractivity contribution in [3.05, 3.63) is 24.3 Å². The molecule has 0 heterocycles. The SMILES string of the molecule is CCCCNc1cccc(NC(=O)CC)c1. The minimum atomic E-state index is 0.0470. The third kappa shape index (κ3) is 4.34. The lowest BCUT2D eigenvalue weighted by molar-refractivity contribution is -0.115. The second-order valence-electron chi connectivity index (χ2n) is 3.76. The van der Waals surface area contributed by atoms with Gasteiger partial charge in [-0.15, -0.1) is 0 Å². The summed E-state index contributed by atoms with van der Waals surface area (Å²) in [5.41, 5.74) is 1.91. The predicted molar refractivity (Wildman–Crippen MR) is 68.8 cm³/mol. The summed E-state index contributed by atoms with van der Waals surface area (Å²) in [5, 5.41) is 6.17. The Hall–Kier alpha value is -1.51. The van der Waals surface area contributed by atoms with Crippen LogP contribution in [0.1, 0.15) is 33.1 Å². The molecule has 1 aromatic carbocycles. The Bertz CT molecular complexity index is 336. The summed E-state index contributed by atoms with van der Waals surface area (Å²) >= 11 is 0. The summed E-state index contributed by atoms with van der Waals surface area (Å²) in [4.78, 5) is 11.2. The van der Waals surface area contributed by atoms with Crippen molar-refractivity contribution in [3.8, 4) is 0 Å². The van der Waals surface area contributed by atoms with Crippen molar-refractivity contribution in [2.45, 2.75) is 33.1 Å². The molecule has 0 radical (unpaired) electrons. The second kappa shape index (κ2) is 6.88. The van der Waals surface area contributed by atoms with Gasteiger partial charge in [0.05, 0.1) is 0 Å². The zero-order valence-corrected chi connectivity index (χ0v) is 10.0. The van der Waals surface area contributed by atoms with Gasteiger partial charge in [-0.2, -0.15) is 0 Å². The highest BCUT2D eigenvalue weighted by Crippen LogP contribution is 2.15. The molecule has 88 valence electrons. The van der Waals surface area contributed by atoms with E-state index in [1.807, 2.05) is 31.2 Å². The summed E-state index contributed by atoms with van der Waals surface area (Å²) < 4.78 is 0. The molecule has 0 fully saturated rings. The molecule has 0 bridgehead atoms. The van der Waals surface area contributed by atoms with Crippen LogP contribution in [0.5, 0.6) is 0 Å². The highest BCUT2D eigenvalue weighted by Gasteiger charge is 1.99. The smallest absolute Gasteiger partial charge is 0.224 e. The quantitative estimate of drug-likeness (QED) is 0.722. The Balaban J connectivity index is 2.53. The van der Waals surface area contributed by atoms with Gasteiger partial charge in [0, 0.05) is 24.3 Å². The first-order chi connectivity index (χ1) is 7.76. The van der Waals surface area contributed by atoms with Crippen LogP contribution in [-0.4, -0.2) is 12.5 Å². The van der Waals surface area contributed by atoms with Gasteiger partial charge in [-0.05, 0) is 24.6 Å². The van der Waals surface area contributed by atoms with Crippen molar-refractivity contribution in [1.29, 1.82) is 0 Å². The standard InChI is InChI=1S/C13H20N2O/c1-3-5-9-14-11-7-6-8-12(10-11)15-13(16)4-2/h6-8,10,14H,3-5,9H2,1-2H3,(H,15,16). The van der Waals surface area contributed by atoms with E-state index >= 15 is 0 Å². The van der Waals surface area contributed by atoms with Crippen LogP contribution in [0.3, 0.4) is 0 Å². The molecule has 0 unspecified atom stereocenters. The number of carbonyl (C=O) groups is 1. The van der Waals surface area contributed by atoms with Gasteiger partial charge in [0.2, 0.25) is 5.91 Å². The number of nitrogens with one attached hydrogen (secondary N) is 2. The molecule has 0 saturated carbocycles.